The first-order valence-corrected chi connectivity index (χ1v) is 5.43. The fraction of sp³-hybridized carbons (Fsp3) is 0. The minimum Gasteiger partial charge on any atom is -0.457 e. The number of rotatable bonds is 2. The van der Waals surface area contributed by atoms with E-state index in [1.54, 1.807) is 30.5 Å². The van der Waals surface area contributed by atoms with E-state index in [1.165, 1.54) is 6.26 Å². The number of hydrogen-bond acceptors (Lipinski definition) is 4. The molecule has 1 aromatic carbocycles. The highest BCUT2D eigenvalue weighted by Crippen LogP contribution is 2.19. The highest BCUT2D eigenvalue weighted by Gasteiger charge is 2.11. The van der Waals surface area contributed by atoms with Crippen LogP contribution in [-0.4, -0.2) is 11.0 Å². The third-order valence-corrected chi connectivity index (χ3v) is 2.51. The molecule has 0 atom stereocenters. The molecule has 3 aromatic rings. The van der Waals surface area contributed by atoms with Crippen LogP contribution in [0.3, 0.4) is 0 Å². The zero-order chi connectivity index (χ0) is 12.4. The topological polar surface area (TPSA) is 52.3 Å². The molecule has 0 N–H and O–H groups in total. The summed E-state index contributed by atoms with van der Waals surface area (Å²) in [6.07, 6.45) is 3.12. The van der Waals surface area contributed by atoms with Gasteiger partial charge in [-0.2, -0.15) is 0 Å². The Labute approximate surface area is 103 Å². The number of furan rings is 1. The van der Waals surface area contributed by atoms with E-state index in [0.717, 1.165) is 10.9 Å². The Bertz CT molecular complexity index is 689. The van der Waals surface area contributed by atoms with Crippen LogP contribution in [0.4, 0.5) is 0 Å². The number of aromatic nitrogens is 1. The zero-order valence-electron chi connectivity index (χ0n) is 9.37. The largest absolute Gasteiger partial charge is 0.457 e. The summed E-state index contributed by atoms with van der Waals surface area (Å²) in [4.78, 5) is 15.9. The normalized spacial score (nSPS) is 10.4. The van der Waals surface area contributed by atoms with Gasteiger partial charge >= 0.3 is 5.97 Å². The molecule has 0 fully saturated rings. The second-order valence-electron chi connectivity index (χ2n) is 3.72. The van der Waals surface area contributed by atoms with Crippen LogP contribution in [-0.2, 0) is 0 Å². The molecule has 0 bridgehead atoms. The number of carbonyl (C=O) groups is 1. The van der Waals surface area contributed by atoms with E-state index < -0.39 is 5.97 Å². The molecule has 0 aliphatic carbocycles. The molecule has 0 spiro atoms. The Morgan fingerprint density at radius 1 is 1.17 bits per heavy atom. The maximum atomic E-state index is 11.7. The standard InChI is InChI=1S/C14H9NO3/c16-14(13-4-2-8-17-13)18-11-6-5-10-3-1-7-15-12(10)9-11/h1-9H. The Morgan fingerprint density at radius 3 is 2.94 bits per heavy atom. The Balaban J connectivity index is 1.89. The molecule has 0 unspecified atom stereocenters. The third kappa shape index (κ3) is 1.96. The van der Waals surface area contributed by atoms with Gasteiger partial charge < -0.3 is 9.15 Å². The van der Waals surface area contributed by atoms with E-state index in [4.69, 9.17) is 9.15 Å². The van der Waals surface area contributed by atoms with Gasteiger partial charge in [0, 0.05) is 17.6 Å². The number of pyridine rings is 1. The molecule has 0 amide bonds. The number of fused-ring (bicyclic) bond motifs is 1. The van der Waals surface area contributed by atoms with Crippen LogP contribution < -0.4 is 4.74 Å². The number of nitrogens with zero attached hydrogens (tertiary/aromatic N) is 1. The van der Waals surface area contributed by atoms with Crippen LogP contribution in [0.25, 0.3) is 10.9 Å². The Kier molecular flexibility index (Phi) is 2.53. The smallest absolute Gasteiger partial charge is 0.379 e. The van der Waals surface area contributed by atoms with Crippen molar-refractivity contribution in [2.75, 3.05) is 0 Å². The van der Waals surface area contributed by atoms with E-state index in [2.05, 4.69) is 4.98 Å². The van der Waals surface area contributed by atoms with Crippen LogP contribution in [0, 0.1) is 0 Å². The maximum absolute atomic E-state index is 11.7. The van der Waals surface area contributed by atoms with Crippen molar-refractivity contribution in [3.05, 3.63) is 60.7 Å². The fourth-order valence-electron chi connectivity index (χ4n) is 1.66. The maximum Gasteiger partial charge on any atom is 0.379 e. The summed E-state index contributed by atoms with van der Waals surface area (Å²) in [6.45, 7) is 0. The lowest BCUT2D eigenvalue weighted by Crippen LogP contribution is -2.06. The monoisotopic (exact) mass is 239 g/mol. The van der Waals surface area contributed by atoms with E-state index in [0.29, 0.717) is 5.75 Å². The molecule has 0 aliphatic rings. The summed E-state index contributed by atoms with van der Waals surface area (Å²) in [5.74, 6) is 0.106. The van der Waals surface area contributed by atoms with Gasteiger partial charge in [0.15, 0.2) is 0 Å². The number of benzene rings is 1. The van der Waals surface area contributed by atoms with Crippen LogP contribution in [0.2, 0.25) is 0 Å². The van der Waals surface area contributed by atoms with Crippen LogP contribution in [0.5, 0.6) is 5.75 Å². The van der Waals surface area contributed by atoms with Crippen LogP contribution in [0.1, 0.15) is 10.6 Å². The van der Waals surface area contributed by atoms with Crippen molar-refractivity contribution in [1.29, 1.82) is 0 Å². The summed E-state index contributed by atoms with van der Waals surface area (Å²) in [5, 5.41) is 0.996. The second-order valence-corrected chi connectivity index (χ2v) is 3.72. The molecule has 4 nitrogen and oxygen atoms in total. The summed E-state index contributed by atoms with van der Waals surface area (Å²) in [5.41, 5.74) is 0.780. The van der Waals surface area contributed by atoms with Crippen molar-refractivity contribution in [1.82, 2.24) is 4.98 Å². The lowest BCUT2D eigenvalue weighted by molar-refractivity contribution is 0.0701. The van der Waals surface area contributed by atoms with Gasteiger partial charge in [-0.1, -0.05) is 6.07 Å². The molecular formula is C14H9NO3. The number of ether oxygens (including phenoxy) is 1. The Morgan fingerprint density at radius 2 is 2.11 bits per heavy atom. The van der Waals surface area contributed by atoms with Gasteiger partial charge in [-0.05, 0) is 30.3 Å². The number of carbonyl (C=O) groups excluding carboxylic acids is 1. The van der Waals surface area contributed by atoms with E-state index >= 15 is 0 Å². The predicted molar refractivity (Wildman–Crippen MR) is 65.4 cm³/mol. The van der Waals surface area contributed by atoms with E-state index in [1.807, 2.05) is 18.2 Å². The van der Waals surface area contributed by atoms with Gasteiger partial charge in [-0.25, -0.2) is 4.79 Å². The van der Waals surface area contributed by atoms with Crippen molar-refractivity contribution in [2.24, 2.45) is 0 Å². The van der Waals surface area contributed by atoms with Crippen molar-refractivity contribution >= 4 is 16.9 Å². The molecule has 0 saturated heterocycles. The van der Waals surface area contributed by atoms with Crippen LogP contribution in [0.15, 0.2) is 59.3 Å². The van der Waals surface area contributed by atoms with Gasteiger partial charge in [0.1, 0.15) is 5.75 Å². The lowest BCUT2D eigenvalue weighted by atomic mass is 10.2. The second kappa shape index (κ2) is 4.33. The van der Waals surface area contributed by atoms with Crippen molar-refractivity contribution < 1.29 is 13.9 Å². The van der Waals surface area contributed by atoms with Gasteiger partial charge in [0.2, 0.25) is 5.76 Å². The quantitative estimate of drug-likeness (QED) is 0.509. The van der Waals surface area contributed by atoms with Crippen molar-refractivity contribution in [3.8, 4) is 5.75 Å². The molecular weight excluding hydrogens is 230 g/mol. The molecule has 2 aromatic heterocycles. The third-order valence-electron chi connectivity index (χ3n) is 2.51. The van der Waals surface area contributed by atoms with Gasteiger partial charge in [-0.15, -0.1) is 0 Å². The minimum atomic E-state index is -0.518. The van der Waals surface area contributed by atoms with Gasteiger partial charge in [-0.3, -0.25) is 4.98 Å². The molecule has 0 aliphatic heterocycles. The molecule has 2 heterocycles. The number of esters is 1. The SMILES string of the molecule is O=C(Oc1ccc2cccnc2c1)c1ccco1. The first-order valence-electron chi connectivity index (χ1n) is 5.43. The number of hydrogen-bond donors (Lipinski definition) is 0. The summed E-state index contributed by atoms with van der Waals surface area (Å²) >= 11 is 0. The van der Waals surface area contributed by atoms with Gasteiger partial charge in [0.05, 0.1) is 11.8 Å². The average Bonchev–Trinajstić information content (AvgIpc) is 2.92. The molecule has 4 heteroatoms. The highest BCUT2D eigenvalue weighted by molar-refractivity contribution is 5.89. The first kappa shape index (κ1) is 10.5. The summed E-state index contributed by atoms with van der Waals surface area (Å²) in [7, 11) is 0. The average molecular weight is 239 g/mol. The summed E-state index contributed by atoms with van der Waals surface area (Å²) < 4.78 is 10.2. The Hall–Kier alpha value is -2.62. The molecule has 3 rings (SSSR count). The minimum absolute atomic E-state index is 0.177. The van der Waals surface area contributed by atoms with Gasteiger partial charge in [0.25, 0.3) is 0 Å². The molecule has 0 saturated carbocycles. The molecule has 18 heavy (non-hydrogen) atoms. The molecule has 88 valence electrons. The highest BCUT2D eigenvalue weighted by atomic mass is 16.5. The van der Waals surface area contributed by atoms with E-state index in [-0.39, 0.29) is 5.76 Å². The van der Waals surface area contributed by atoms with E-state index in [9.17, 15) is 4.79 Å². The summed E-state index contributed by atoms with van der Waals surface area (Å²) in [6, 6.07) is 12.3. The fourth-order valence-corrected chi connectivity index (χ4v) is 1.66. The lowest BCUT2D eigenvalue weighted by Gasteiger charge is -2.03. The van der Waals surface area contributed by atoms with Crippen LogP contribution >= 0.6 is 0 Å². The first-order chi connectivity index (χ1) is 8.83. The predicted octanol–water partition coefficient (Wildman–Crippen LogP) is 3.05. The zero-order valence-corrected chi connectivity index (χ0v) is 9.37. The van der Waals surface area contributed by atoms with Crippen molar-refractivity contribution in [3.63, 3.8) is 0 Å². The molecule has 0 radical (unpaired) electrons. The van der Waals surface area contributed by atoms with Crippen molar-refractivity contribution in [2.45, 2.75) is 0 Å².